The van der Waals surface area contributed by atoms with Crippen molar-refractivity contribution in [1.29, 1.82) is 0 Å². The van der Waals surface area contributed by atoms with E-state index in [1.54, 1.807) is 36.4 Å². The molecule has 0 saturated carbocycles. The lowest BCUT2D eigenvalue weighted by atomic mass is 10.3. The molecule has 1 amide bonds. The molecule has 0 fully saturated rings. The normalized spacial score (nSPS) is 13.4. The molecule has 1 aliphatic rings. The zero-order valence-corrected chi connectivity index (χ0v) is 18.4. The average molecular weight is 447 g/mol. The third-order valence-corrected chi connectivity index (χ3v) is 5.05. The van der Waals surface area contributed by atoms with Gasteiger partial charge >= 0.3 is 0 Å². The van der Waals surface area contributed by atoms with Gasteiger partial charge in [0.25, 0.3) is 0 Å². The lowest BCUT2D eigenvalue weighted by Gasteiger charge is -2.23. The van der Waals surface area contributed by atoms with E-state index in [4.69, 9.17) is 21.1 Å². The zero-order chi connectivity index (χ0) is 21.3. The van der Waals surface area contributed by atoms with E-state index in [9.17, 15) is 4.79 Å². The van der Waals surface area contributed by atoms with Gasteiger partial charge in [0.05, 0.1) is 12.4 Å². The van der Waals surface area contributed by atoms with Crippen molar-refractivity contribution < 1.29 is 14.3 Å². The van der Waals surface area contributed by atoms with Gasteiger partial charge in [-0.25, -0.2) is 0 Å². The number of amides is 1. The number of likely N-dealkylation sites (N-methyl/N-ethyl adjacent to an activating group) is 1. The van der Waals surface area contributed by atoms with Gasteiger partial charge in [-0.2, -0.15) is 4.99 Å². The minimum atomic E-state index is -0.143. The molecule has 0 saturated heterocycles. The van der Waals surface area contributed by atoms with Crippen molar-refractivity contribution in [2.75, 3.05) is 30.8 Å². The van der Waals surface area contributed by atoms with Crippen molar-refractivity contribution in [3.05, 3.63) is 53.6 Å². The van der Waals surface area contributed by atoms with Gasteiger partial charge in [-0.1, -0.05) is 23.4 Å². The van der Waals surface area contributed by atoms with Crippen LogP contribution in [0.2, 0.25) is 5.02 Å². The Hall–Kier alpha value is -2.71. The van der Waals surface area contributed by atoms with Crippen molar-refractivity contribution in [3.63, 3.8) is 0 Å². The lowest BCUT2D eigenvalue weighted by molar-refractivity contribution is -0.113. The Balaban J connectivity index is 1.56. The van der Waals surface area contributed by atoms with E-state index in [0.717, 1.165) is 5.75 Å². The van der Waals surface area contributed by atoms with Gasteiger partial charge in [0.2, 0.25) is 17.0 Å². The van der Waals surface area contributed by atoms with E-state index in [-0.39, 0.29) is 11.7 Å². The van der Waals surface area contributed by atoms with Crippen LogP contribution in [-0.2, 0) is 4.79 Å². The molecule has 2 aromatic carbocycles. The van der Waals surface area contributed by atoms with E-state index >= 15 is 0 Å². The monoisotopic (exact) mass is 446 g/mol. The van der Waals surface area contributed by atoms with E-state index in [1.165, 1.54) is 11.8 Å². The minimum absolute atomic E-state index is 0.143. The number of halogens is 1. The molecule has 0 bridgehead atoms. The molecule has 158 valence electrons. The Morgan fingerprint density at radius 3 is 2.50 bits per heavy atom. The van der Waals surface area contributed by atoms with Gasteiger partial charge < -0.3 is 14.8 Å². The summed E-state index contributed by atoms with van der Waals surface area (Å²) in [5.74, 6) is 1.97. The molecule has 0 unspecified atom stereocenters. The second kappa shape index (κ2) is 10.9. The second-order valence-electron chi connectivity index (χ2n) is 6.22. The third kappa shape index (κ3) is 6.67. The number of thioether (sulfide) groups is 1. The Labute approximate surface area is 185 Å². The van der Waals surface area contributed by atoms with Crippen LogP contribution in [0.4, 0.5) is 5.69 Å². The van der Waals surface area contributed by atoms with E-state index in [2.05, 4.69) is 15.4 Å². The average Bonchev–Trinajstić information content (AvgIpc) is 2.75. The number of nitrogens with zero attached hydrogens (tertiary/aromatic N) is 3. The Morgan fingerprint density at radius 2 is 1.83 bits per heavy atom. The first kappa shape index (κ1) is 22.0. The minimum Gasteiger partial charge on any atom is -0.494 e. The Bertz CT molecular complexity index is 917. The number of carbonyl (C=O) groups excluding carboxylic acids is 1. The van der Waals surface area contributed by atoms with Gasteiger partial charge in [0.1, 0.15) is 18.0 Å². The summed E-state index contributed by atoms with van der Waals surface area (Å²) in [5, 5.41) is 10.3. The largest absolute Gasteiger partial charge is 0.494 e. The van der Waals surface area contributed by atoms with Crippen molar-refractivity contribution in [2.45, 2.75) is 13.8 Å². The maximum Gasteiger partial charge on any atom is 0.234 e. The number of aliphatic imine (C=N–C) groups is 1. The summed E-state index contributed by atoms with van der Waals surface area (Å²) in [5.41, 5.74) is 0.708. The molecule has 0 radical (unpaired) electrons. The number of hydrazone groups is 1. The number of nitrogens with one attached hydrogen (secondary N) is 1. The predicted octanol–water partition coefficient (Wildman–Crippen LogP) is 4.49. The van der Waals surface area contributed by atoms with Crippen LogP contribution in [0.25, 0.3) is 0 Å². The third-order valence-electron chi connectivity index (χ3n) is 3.96. The second-order valence-corrected chi connectivity index (χ2v) is 7.60. The van der Waals surface area contributed by atoms with Gasteiger partial charge in [-0.05, 0) is 62.4 Å². The summed E-state index contributed by atoms with van der Waals surface area (Å²) < 4.78 is 11.3. The van der Waals surface area contributed by atoms with E-state index < -0.39 is 0 Å². The molecule has 3 rings (SSSR count). The van der Waals surface area contributed by atoms with Gasteiger partial charge in [-0.3, -0.25) is 9.80 Å². The van der Waals surface area contributed by atoms with Crippen molar-refractivity contribution >= 4 is 46.0 Å². The summed E-state index contributed by atoms with van der Waals surface area (Å²) in [6.45, 7) is 5.68. The smallest absolute Gasteiger partial charge is 0.234 e. The fourth-order valence-corrected chi connectivity index (χ4v) is 3.34. The highest BCUT2D eigenvalue weighted by atomic mass is 35.5. The molecule has 2 aromatic rings. The quantitative estimate of drug-likeness (QED) is 0.677. The summed E-state index contributed by atoms with van der Waals surface area (Å²) >= 11 is 7.17. The summed E-state index contributed by atoms with van der Waals surface area (Å²) in [7, 11) is 0. The molecule has 0 aromatic heterocycles. The number of anilines is 1. The molecular weight excluding hydrogens is 424 g/mol. The number of hydrogen-bond acceptors (Lipinski definition) is 7. The molecule has 7 nitrogen and oxygen atoms in total. The first-order valence-electron chi connectivity index (χ1n) is 9.55. The SMILES string of the molecule is CCOc1ccc(NC(=O)CSC2=NN(CC)CC(Oc3ccc(Cl)cc3)=N2)cc1. The number of rotatable bonds is 7. The number of carbonyl (C=O) groups is 1. The first-order valence-corrected chi connectivity index (χ1v) is 10.9. The van der Waals surface area contributed by atoms with Gasteiger partial charge in [-0.15, -0.1) is 5.10 Å². The highest BCUT2D eigenvalue weighted by Gasteiger charge is 2.18. The predicted molar refractivity (Wildman–Crippen MR) is 123 cm³/mol. The highest BCUT2D eigenvalue weighted by molar-refractivity contribution is 8.14. The van der Waals surface area contributed by atoms with Crippen LogP contribution >= 0.6 is 23.4 Å². The van der Waals surface area contributed by atoms with Crippen LogP contribution in [0, 0.1) is 0 Å². The summed E-state index contributed by atoms with van der Waals surface area (Å²) in [6, 6.07) is 14.3. The number of amidine groups is 1. The number of ether oxygens (including phenoxy) is 2. The summed E-state index contributed by atoms with van der Waals surface area (Å²) in [4.78, 5) is 16.7. The lowest BCUT2D eigenvalue weighted by Crippen LogP contribution is -2.33. The fraction of sp³-hybridized carbons (Fsp3) is 0.286. The zero-order valence-electron chi connectivity index (χ0n) is 16.8. The molecule has 1 aliphatic heterocycles. The van der Waals surface area contributed by atoms with Crippen LogP contribution in [0.15, 0.2) is 58.6 Å². The topological polar surface area (TPSA) is 75.5 Å². The van der Waals surface area contributed by atoms with Gasteiger partial charge in [0, 0.05) is 17.3 Å². The maximum atomic E-state index is 12.3. The molecular formula is C21H23ClN4O3S. The number of hydrogen-bond donors (Lipinski definition) is 1. The van der Waals surface area contributed by atoms with Gasteiger partial charge in [0.15, 0.2) is 0 Å². The van der Waals surface area contributed by atoms with Crippen LogP contribution in [0.1, 0.15) is 13.8 Å². The van der Waals surface area contributed by atoms with Crippen LogP contribution in [-0.4, -0.2) is 47.4 Å². The molecule has 0 spiro atoms. The van der Waals surface area contributed by atoms with E-state index in [0.29, 0.717) is 47.2 Å². The summed E-state index contributed by atoms with van der Waals surface area (Å²) in [6.07, 6.45) is 0. The molecule has 30 heavy (non-hydrogen) atoms. The molecule has 9 heteroatoms. The van der Waals surface area contributed by atoms with Crippen molar-refractivity contribution in [3.8, 4) is 11.5 Å². The highest BCUT2D eigenvalue weighted by Crippen LogP contribution is 2.19. The number of benzene rings is 2. The van der Waals surface area contributed by atoms with Crippen molar-refractivity contribution in [1.82, 2.24) is 5.01 Å². The molecule has 0 atom stereocenters. The first-order chi connectivity index (χ1) is 14.6. The fourth-order valence-electron chi connectivity index (χ4n) is 2.54. The van der Waals surface area contributed by atoms with E-state index in [1.807, 2.05) is 31.0 Å². The van der Waals surface area contributed by atoms with Crippen LogP contribution < -0.4 is 14.8 Å². The Kier molecular flexibility index (Phi) is 7.98. The molecule has 0 aliphatic carbocycles. The molecule has 1 N–H and O–H groups in total. The van der Waals surface area contributed by atoms with Crippen LogP contribution in [0.5, 0.6) is 11.5 Å². The Morgan fingerprint density at radius 1 is 1.13 bits per heavy atom. The standard InChI is InChI=1S/C21H23ClN4O3S/c1-3-26-13-20(29-18-9-5-15(22)6-10-18)24-21(25-26)30-14-19(27)23-16-7-11-17(12-8-16)28-4-2/h5-12H,3-4,13-14H2,1-2H3,(H,23,27). The van der Waals surface area contributed by atoms with Crippen molar-refractivity contribution in [2.24, 2.45) is 10.1 Å². The maximum absolute atomic E-state index is 12.3. The molecule has 1 heterocycles. The van der Waals surface area contributed by atoms with Crippen LogP contribution in [0.3, 0.4) is 0 Å².